The number of amides is 1. The van der Waals surface area contributed by atoms with E-state index in [1.807, 2.05) is 6.92 Å². The van der Waals surface area contributed by atoms with E-state index < -0.39 is 5.54 Å². The van der Waals surface area contributed by atoms with Crippen molar-refractivity contribution < 1.29 is 9.53 Å². The molecule has 0 aromatic rings. The van der Waals surface area contributed by atoms with Crippen LogP contribution in [0.4, 0.5) is 0 Å². The monoisotopic (exact) mass is 272 g/mol. The van der Waals surface area contributed by atoms with Crippen molar-refractivity contribution in [3.8, 4) is 0 Å². The molecule has 4 nitrogen and oxygen atoms in total. The van der Waals surface area contributed by atoms with Crippen LogP contribution < -0.4 is 11.1 Å². The molecule has 0 heterocycles. The number of nitrogens with one attached hydrogen (secondary N) is 1. The molecular formula is C13H24N2O2S. The molecule has 1 aliphatic carbocycles. The highest BCUT2D eigenvalue weighted by Gasteiger charge is 2.36. The van der Waals surface area contributed by atoms with Crippen LogP contribution >= 0.6 is 12.2 Å². The zero-order valence-corrected chi connectivity index (χ0v) is 12.1. The first kappa shape index (κ1) is 15.4. The fourth-order valence-electron chi connectivity index (χ4n) is 2.37. The number of hydrogen-bond acceptors (Lipinski definition) is 3. The SMILES string of the molecule is COC(C)CCC(=O)NC1(C(N)=S)CCCCC1. The lowest BCUT2D eigenvalue weighted by atomic mass is 9.81. The normalized spacial score (nSPS) is 20.1. The molecule has 5 heteroatoms. The zero-order chi connectivity index (χ0) is 13.6. The van der Waals surface area contributed by atoms with Gasteiger partial charge in [-0.25, -0.2) is 0 Å². The lowest BCUT2D eigenvalue weighted by molar-refractivity contribution is -0.123. The maximum Gasteiger partial charge on any atom is 0.220 e. The molecule has 0 saturated heterocycles. The number of rotatable bonds is 6. The number of nitrogens with two attached hydrogens (primary N) is 1. The second-order valence-electron chi connectivity index (χ2n) is 5.14. The van der Waals surface area contributed by atoms with E-state index in [0.29, 0.717) is 11.4 Å². The second kappa shape index (κ2) is 7.04. The zero-order valence-electron chi connectivity index (χ0n) is 11.3. The molecule has 1 aliphatic rings. The third kappa shape index (κ3) is 4.21. The summed E-state index contributed by atoms with van der Waals surface area (Å²) in [6.07, 6.45) is 6.36. The highest BCUT2D eigenvalue weighted by molar-refractivity contribution is 7.80. The summed E-state index contributed by atoms with van der Waals surface area (Å²) in [6.45, 7) is 1.96. The van der Waals surface area contributed by atoms with Crippen molar-refractivity contribution in [2.24, 2.45) is 5.73 Å². The molecule has 104 valence electrons. The minimum absolute atomic E-state index is 0.0219. The molecule has 1 atom stereocenters. The van der Waals surface area contributed by atoms with E-state index in [-0.39, 0.29) is 12.0 Å². The molecule has 3 N–H and O–H groups in total. The number of ether oxygens (including phenoxy) is 1. The minimum Gasteiger partial charge on any atom is -0.391 e. The highest BCUT2D eigenvalue weighted by atomic mass is 32.1. The first-order valence-electron chi connectivity index (χ1n) is 6.64. The van der Waals surface area contributed by atoms with E-state index in [0.717, 1.165) is 32.1 Å². The number of hydrogen-bond donors (Lipinski definition) is 2. The Morgan fingerprint density at radius 3 is 2.56 bits per heavy atom. The smallest absolute Gasteiger partial charge is 0.220 e. The topological polar surface area (TPSA) is 64.3 Å². The third-order valence-electron chi connectivity index (χ3n) is 3.74. The Kier molecular flexibility index (Phi) is 6.02. The fraction of sp³-hybridized carbons (Fsp3) is 0.846. The van der Waals surface area contributed by atoms with Crippen molar-refractivity contribution in [3.05, 3.63) is 0 Å². The molecular weight excluding hydrogens is 248 g/mol. The summed E-state index contributed by atoms with van der Waals surface area (Å²) >= 11 is 5.14. The van der Waals surface area contributed by atoms with Crippen LogP contribution in [0.25, 0.3) is 0 Å². The Labute approximate surface area is 115 Å². The van der Waals surface area contributed by atoms with Crippen molar-refractivity contribution >= 4 is 23.1 Å². The van der Waals surface area contributed by atoms with Crippen LogP contribution in [0.3, 0.4) is 0 Å². The number of methoxy groups -OCH3 is 1. The van der Waals surface area contributed by atoms with Gasteiger partial charge < -0.3 is 15.8 Å². The van der Waals surface area contributed by atoms with Gasteiger partial charge in [-0.15, -0.1) is 0 Å². The Bertz CT molecular complexity index is 301. The maximum atomic E-state index is 12.0. The highest BCUT2D eigenvalue weighted by Crippen LogP contribution is 2.28. The van der Waals surface area contributed by atoms with Crippen LogP contribution in [0, 0.1) is 0 Å². The molecule has 1 rings (SSSR count). The summed E-state index contributed by atoms with van der Waals surface area (Å²) in [4.78, 5) is 12.4. The lowest BCUT2D eigenvalue weighted by Gasteiger charge is -2.37. The first-order valence-corrected chi connectivity index (χ1v) is 7.05. The van der Waals surface area contributed by atoms with E-state index >= 15 is 0 Å². The number of thiocarbonyl (C=S) groups is 1. The van der Waals surface area contributed by atoms with Crippen LogP contribution in [0.5, 0.6) is 0 Å². The number of carbonyl (C=O) groups is 1. The van der Waals surface area contributed by atoms with Gasteiger partial charge in [0.05, 0.1) is 16.6 Å². The molecule has 1 fully saturated rings. The molecule has 0 radical (unpaired) electrons. The van der Waals surface area contributed by atoms with Gasteiger partial charge in [-0.05, 0) is 26.2 Å². The van der Waals surface area contributed by atoms with Crippen LogP contribution in [0.1, 0.15) is 51.9 Å². The third-order valence-corrected chi connectivity index (χ3v) is 4.13. The van der Waals surface area contributed by atoms with Gasteiger partial charge in [-0.3, -0.25) is 4.79 Å². The van der Waals surface area contributed by atoms with Gasteiger partial charge in [-0.2, -0.15) is 0 Å². The fourth-order valence-corrected chi connectivity index (χ4v) is 2.63. The summed E-state index contributed by atoms with van der Waals surface area (Å²) in [5.74, 6) is 0.0219. The van der Waals surface area contributed by atoms with Gasteiger partial charge in [-0.1, -0.05) is 31.5 Å². The van der Waals surface area contributed by atoms with Crippen molar-refractivity contribution in [3.63, 3.8) is 0 Å². The Hall–Kier alpha value is -0.680. The Balaban J connectivity index is 2.50. The van der Waals surface area contributed by atoms with Crippen molar-refractivity contribution in [1.29, 1.82) is 0 Å². The van der Waals surface area contributed by atoms with Crippen molar-refractivity contribution in [2.45, 2.75) is 63.5 Å². The molecule has 1 unspecified atom stereocenters. The van der Waals surface area contributed by atoms with Crippen LogP contribution in [-0.4, -0.2) is 29.6 Å². The summed E-state index contributed by atoms with van der Waals surface area (Å²) in [5, 5.41) is 3.05. The molecule has 0 aromatic heterocycles. The molecule has 0 aliphatic heterocycles. The average molecular weight is 272 g/mol. The number of carbonyl (C=O) groups excluding carboxylic acids is 1. The van der Waals surface area contributed by atoms with Gasteiger partial charge in [0.15, 0.2) is 0 Å². The van der Waals surface area contributed by atoms with Gasteiger partial charge in [0.1, 0.15) is 0 Å². The van der Waals surface area contributed by atoms with E-state index in [4.69, 9.17) is 22.7 Å². The Morgan fingerprint density at radius 1 is 1.44 bits per heavy atom. The van der Waals surface area contributed by atoms with Gasteiger partial charge in [0, 0.05) is 13.5 Å². The molecule has 1 saturated carbocycles. The second-order valence-corrected chi connectivity index (χ2v) is 5.58. The largest absolute Gasteiger partial charge is 0.391 e. The first-order chi connectivity index (χ1) is 8.50. The summed E-state index contributed by atoms with van der Waals surface area (Å²) in [7, 11) is 1.65. The predicted octanol–water partition coefficient (Wildman–Crippen LogP) is 1.91. The van der Waals surface area contributed by atoms with Gasteiger partial charge >= 0.3 is 0 Å². The summed E-state index contributed by atoms with van der Waals surface area (Å²) in [6, 6.07) is 0. The molecule has 0 spiro atoms. The molecule has 0 bridgehead atoms. The lowest BCUT2D eigenvalue weighted by Crippen LogP contribution is -2.57. The average Bonchev–Trinajstić information content (AvgIpc) is 2.36. The minimum atomic E-state index is -0.443. The van der Waals surface area contributed by atoms with E-state index in [2.05, 4.69) is 5.32 Å². The molecule has 18 heavy (non-hydrogen) atoms. The van der Waals surface area contributed by atoms with Crippen LogP contribution in [0.15, 0.2) is 0 Å². The van der Waals surface area contributed by atoms with E-state index in [1.54, 1.807) is 7.11 Å². The Morgan fingerprint density at radius 2 is 2.06 bits per heavy atom. The quantitative estimate of drug-likeness (QED) is 0.725. The predicted molar refractivity (Wildman–Crippen MR) is 76.4 cm³/mol. The van der Waals surface area contributed by atoms with E-state index in [1.165, 1.54) is 6.42 Å². The summed E-state index contributed by atoms with van der Waals surface area (Å²) < 4.78 is 5.13. The van der Waals surface area contributed by atoms with Gasteiger partial charge in [0.2, 0.25) is 5.91 Å². The summed E-state index contributed by atoms with van der Waals surface area (Å²) in [5.41, 5.74) is 5.38. The molecule has 1 amide bonds. The van der Waals surface area contributed by atoms with Gasteiger partial charge in [0.25, 0.3) is 0 Å². The maximum absolute atomic E-state index is 12.0. The molecule has 0 aromatic carbocycles. The van der Waals surface area contributed by atoms with Crippen molar-refractivity contribution in [1.82, 2.24) is 5.32 Å². The van der Waals surface area contributed by atoms with Crippen molar-refractivity contribution in [2.75, 3.05) is 7.11 Å². The van der Waals surface area contributed by atoms with Crippen LogP contribution in [-0.2, 0) is 9.53 Å². The van der Waals surface area contributed by atoms with Crippen LogP contribution in [0.2, 0.25) is 0 Å². The van der Waals surface area contributed by atoms with E-state index in [9.17, 15) is 4.79 Å². The standard InChI is InChI=1S/C13H24N2O2S/c1-10(17-2)6-7-11(16)15-13(12(14)18)8-4-3-5-9-13/h10H,3-9H2,1-2H3,(H2,14,18)(H,15,16).